The van der Waals surface area contributed by atoms with Crippen molar-refractivity contribution in [3.05, 3.63) is 77.8 Å². The Morgan fingerprint density at radius 2 is 1.88 bits per heavy atom. The zero-order chi connectivity index (χ0) is 24.0. The van der Waals surface area contributed by atoms with Gasteiger partial charge < -0.3 is 4.42 Å². The van der Waals surface area contributed by atoms with Crippen LogP contribution in [0.3, 0.4) is 0 Å². The molecule has 174 valence electrons. The molecule has 1 aliphatic carbocycles. The predicted octanol–water partition coefficient (Wildman–Crippen LogP) is 5.97. The van der Waals surface area contributed by atoms with Crippen LogP contribution >= 0.6 is 0 Å². The molecule has 0 N–H and O–H groups in total. The predicted molar refractivity (Wildman–Crippen MR) is 126 cm³/mol. The second-order valence-electron chi connectivity index (χ2n) is 9.77. The molecule has 2 heterocycles. The van der Waals surface area contributed by atoms with Gasteiger partial charge in [0, 0.05) is 17.2 Å². The van der Waals surface area contributed by atoms with E-state index in [1.165, 1.54) is 23.1 Å². The molecule has 0 saturated heterocycles. The Kier molecular flexibility index (Phi) is 5.42. The van der Waals surface area contributed by atoms with E-state index in [1.807, 2.05) is 45.0 Å². The number of hydrogen-bond donors (Lipinski definition) is 0. The molecule has 1 saturated carbocycles. The number of benzene rings is 2. The maximum Gasteiger partial charge on any atom is 0.218 e. The third-order valence-electron chi connectivity index (χ3n) is 7.01. The largest absolute Gasteiger partial charge is 0.461 e. The van der Waals surface area contributed by atoms with Gasteiger partial charge in [-0.05, 0) is 55.9 Å². The van der Waals surface area contributed by atoms with Gasteiger partial charge in [0.1, 0.15) is 23.5 Å². The van der Waals surface area contributed by atoms with E-state index in [0.29, 0.717) is 41.9 Å². The van der Waals surface area contributed by atoms with Crippen LogP contribution in [-0.4, -0.2) is 26.3 Å². The smallest absolute Gasteiger partial charge is 0.218 e. The van der Waals surface area contributed by atoms with Gasteiger partial charge in [0.25, 0.3) is 0 Å². The number of para-hydroxylation sites is 1. The van der Waals surface area contributed by atoms with E-state index in [4.69, 9.17) is 4.42 Å². The quantitative estimate of drug-likeness (QED) is 0.344. The number of rotatable bonds is 5. The summed E-state index contributed by atoms with van der Waals surface area (Å²) in [6.07, 6.45) is 3.20. The molecular weight excluding hydrogens is 433 g/mol. The molecular formula is C27H26FN3O3. The first-order chi connectivity index (χ1) is 16.2. The summed E-state index contributed by atoms with van der Waals surface area (Å²) < 4.78 is 20.8. The van der Waals surface area contributed by atoms with Crippen LogP contribution in [-0.2, 0) is 0 Å². The number of nitrogens with zero attached hydrogens (tertiary/aromatic N) is 3. The summed E-state index contributed by atoms with van der Waals surface area (Å²) in [6.45, 7) is 5.88. The number of carbonyl (C=O) groups excluding carboxylic acids is 2. The molecule has 2 aromatic carbocycles. The van der Waals surface area contributed by atoms with Crippen molar-refractivity contribution in [3.63, 3.8) is 0 Å². The zero-order valence-corrected chi connectivity index (χ0v) is 19.4. The Balaban J connectivity index is 1.35. The molecule has 6 nitrogen and oxygen atoms in total. The van der Waals surface area contributed by atoms with Crippen LogP contribution in [0.15, 0.2) is 59.3 Å². The van der Waals surface area contributed by atoms with Crippen molar-refractivity contribution in [2.75, 3.05) is 0 Å². The van der Waals surface area contributed by atoms with Gasteiger partial charge in [-0.1, -0.05) is 38.1 Å². The minimum atomic E-state index is -0.409. The molecule has 34 heavy (non-hydrogen) atoms. The summed E-state index contributed by atoms with van der Waals surface area (Å²) in [4.78, 5) is 31.1. The van der Waals surface area contributed by atoms with Crippen LogP contribution in [0.5, 0.6) is 0 Å². The van der Waals surface area contributed by atoms with Crippen molar-refractivity contribution in [1.29, 1.82) is 0 Å². The van der Waals surface area contributed by atoms with Gasteiger partial charge in [-0.3, -0.25) is 9.59 Å². The van der Waals surface area contributed by atoms with Gasteiger partial charge in [0.2, 0.25) is 11.6 Å². The second-order valence-corrected chi connectivity index (χ2v) is 9.77. The highest BCUT2D eigenvalue weighted by Gasteiger charge is 2.44. The van der Waals surface area contributed by atoms with Gasteiger partial charge in [-0.25, -0.2) is 14.1 Å². The minimum absolute atomic E-state index is 0.0786. The van der Waals surface area contributed by atoms with Crippen LogP contribution in [0.25, 0.3) is 16.7 Å². The van der Waals surface area contributed by atoms with Gasteiger partial charge in [0.15, 0.2) is 5.78 Å². The van der Waals surface area contributed by atoms with Crippen LogP contribution < -0.4 is 0 Å². The lowest BCUT2D eigenvalue weighted by atomic mass is 9.62. The number of ketones is 2. The molecule has 0 aliphatic heterocycles. The number of furan rings is 1. The fourth-order valence-electron chi connectivity index (χ4n) is 5.30. The highest BCUT2D eigenvalue weighted by atomic mass is 19.1. The first kappa shape index (κ1) is 22.2. The molecule has 1 fully saturated rings. The summed E-state index contributed by atoms with van der Waals surface area (Å²) in [5.41, 5.74) is 1.46. The SMILES string of the molecule is Cc1oc2ccccc2c1C(=O)C1CCC(C(=O)c2ncn(-c3cccc(F)c3)n2)C(C)(C)C1. The van der Waals surface area contributed by atoms with E-state index >= 15 is 0 Å². The Bertz CT molecular complexity index is 1400. The topological polar surface area (TPSA) is 78.0 Å². The number of aromatic nitrogens is 3. The molecule has 4 aromatic rings. The third kappa shape index (κ3) is 3.85. The van der Waals surface area contributed by atoms with E-state index < -0.39 is 5.41 Å². The van der Waals surface area contributed by atoms with Crippen LogP contribution in [0.1, 0.15) is 59.8 Å². The normalized spacial score (nSPS) is 19.9. The minimum Gasteiger partial charge on any atom is -0.461 e. The summed E-state index contributed by atoms with van der Waals surface area (Å²) in [5, 5.41) is 5.15. The molecule has 2 atom stereocenters. The summed E-state index contributed by atoms with van der Waals surface area (Å²) in [5.74, 6) is -0.187. The van der Waals surface area contributed by atoms with Crippen molar-refractivity contribution in [2.45, 2.75) is 40.0 Å². The van der Waals surface area contributed by atoms with E-state index in [0.717, 1.165) is 5.39 Å². The van der Waals surface area contributed by atoms with Crippen molar-refractivity contribution in [3.8, 4) is 5.69 Å². The number of hydrogen-bond acceptors (Lipinski definition) is 5. The number of carbonyl (C=O) groups is 2. The summed E-state index contributed by atoms with van der Waals surface area (Å²) >= 11 is 0. The lowest BCUT2D eigenvalue weighted by Gasteiger charge is -2.40. The Morgan fingerprint density at radius 1 is 1.09 bits per heavy atom. The number of aryl methyl sites for hydroxylation is 1. The molecule has 0 amide bonds. The molecule has 0 bridgehead atoms. The van der Waals surface area contributed by atoms with Gasteiger partial charge >= 0.3 is 0 Å². The lowest BCUT2D eigenvalue weighted by Crippen LogP contribution is -2.39. The Labute approximate surface area is 196 Å². The fourth-order valence-corrected chi connectivity index (χ4v) is 5.30. The second kappa shape index (κ2) is 8.31. The van der Waals surface area contributed by atoms with Gasteiger partial charge in [-0.15, -0.1) is 5.10 Å². The molecule has 5 rings (SSSR count). The Morgan fingerprint density at radius 3 is 2.65 bits per heavy atom. The average Bonchev–Trinajstić information content (AvgIpc) is 3.42. The van der Waals surface area contributed by atoms with Crippen LogP contribution in [0, 0.1) is 30.0 Å². The highest BCUT2D eigenvalue weighted by Crippen LogP contribution is 2.46. The first-order valence-corrected chi connectivity index (χ1v) is 11.5. The number of Topliss-reactive ketones (excluding diaryl/α,β-unsaturated/α-hetero) is 2. The monoisotopic (exact) mass is 459 g/mol. The molecule has 7 heteroatoms. The first-order valence-electron chi connectivity index (χ1n) is 11.5. The molecule has 1 aliphatic rings. The highest BCUT2D eigenvalue weighted by molar-refractivity contribution is 6.09. The summed E-state index contributed by atoms with van der Waals surface area (Å²) in [6, 6.07) is 13.6. The van der Waals surface area contributed by atoms with Crippen LogP contribution in [0.4, 0.5) is 4.39 Å². The van der Waals surface area contributed by atoms with E-state index in [1.54, 1.807) is 12.1 Å². The summed E-state index contributed by atoms with van der Waals surface area (Å²) in [7, 11) is 0. The maximum atomic E-state index is 13.6. The maximum absolute atomic E-state index is 13.6. The molecule has 0 radical (unpaired) electrons. The van der Waals surface area contributed by atoms with Crippen molar-refractivity contribution >= 4 is 22.5 Å². The number of fused-ring (bicyclic) bond motifs is 1. The van der Waals surface area contributed by atoms with E-state index in [2.05, 4.69) is 10.1 Å². The Hall–Kier alpha value is -3.61. The average molecular weight is 460 g/mol. The molecule has 0 spiro atoms. The number of halogens is 1. The standard InChI is InChI=1S/C27H26FN3O3/c1-16-23(20-9-4-5-10-22(20)34-16)24(32)17-11-12-21(27(2,3)14-17)25(33)26-29-15-31(30-26)19-8-6-7-18(28)13-19/h4-10,13,15,17,21H,11-12,14H2,1-3H3. The van der Waals surface area contributed by atoms with Crippen molar-refractivity contribution in [1.82, 2.24) is 14.8 Å². The zero-order valence-electron chi connectivity index (χ0n) is 19.4. The van der Waals surface area contributed by atoms with Crippen molar-refractivity contribution < 1.29 is 18.4 Å². The lowest BCUT2D eigenvalue weighted by molar-refractivity contribution is 0.0527. The van der Waals surface area contributed by atoms with E-state index in [-0.39, 0.29) is 35.0 Å². The van der Waals surface area contributed by atoms with Crippen molar-refractivity contribution in [2.24, 2.45) is 17.3 Å². The van der Waals surface area contributed by atoms with Gasteiger partial charge in [-0.2, -0.15) is 0 Å². The fraction of sp³-hybridized carbons (Fsp3) is 0.333. The van der Waals surface area contributed by atoms with E-state index in [9.17, 15) is 14.0 Å². The van der Waals surface area contributed by atoms with Gasteiger partial charge in [0.05, 0.1) is 11.3 Å². The third-order valence-corrected chi connectivity index (χ3v) is 7.01. The molecule has 2 aromatic heterocycles. The van der Waals surface area contributed by atoms with Crippen LogP contribution in [0.2, 0.25) is 0 Å². The molecule has 2 unspecified atom stereocenters.